The lowest BCUT2D eigenvalue weighted by atomic mass is 10.0. The summed E-state index contributed by atoms with van der Waals surface area (Å²) in [6, 6.07) is 3.81. The van der Waals surface area contributed by atoms with Gasteiger partial charge in [-0.2, -0.15) is 0 Å². The van der Waals surface area contributed by atoms with Crippen LogP contribution in [0.25, 0.3) is 0 Å². The molecule has 0 saturated carbocycles. The van der Waals surface area contributed by atoms with Crippen molar-refractivity contribution < 1.29 is 9.84 Å². The number of phenolic OH excluding ortho intramolecular Hbond substituents is 1. The van der Waals surface area contributed by atoms with Gasteiger partial charge in [0.15, 0.2) is 11.5 Å². The number of hydrogen-bond acceptors (Lipinski definition) is 3. The van der Waals surface area contributed by atoms with E-state index in [0.29, 0.717) is 5.75 Å². The molecule has 0 bridgehead atoms. The number of hydrogen-bond donors (Lipinski definition) is 2. The van der Waals surface area contributed by atoms with Crippen molar-refractivity contribution in [3.63, 3.8) is 0 Å². The van der Waals surface area contributed by atoms with Crippen LogP contribution >= 0.6 is 0 Å². The Labute approximate surface area is 77.3 Å². The summed E-state index contributed by atoms with van der Waals surface area (Å²) in [4.78, 5) is 0. The molecule has 0 aliphatic carbocycles. The Morgan fingerprint density at radius 1 is 1.46 bits per heavy atom. The van der Waals surface area contributed by atoms with Crippen molar-refractivity contribution >= 4 is 5.69 Å². The number of fused-ring (bicyclic) bond motifs is 1. The Balaban J connectivity index is 2.48. The summed E-state index contributed by atoms with van der Waals surface area (Å²) in [5.74, 6) is 0.771. The van der Waals surface area contributed by atoms with Gasteiger partial charge in [0.2, 0.25) is 0 Å². The van der Waals surface area contributed by atoms with Gasteiger partial charge in [-0.1, -0.05) is 6.07 Å². The van der Waals surface area contributed by atoms with Crippen LogP contribution in [0.4, 0.5) is 5.69 Å². The molecule has 0 aromatic heterocycles. The molecule has 0 spiro atoms. The Bertz CT molecular complexity index is 323. The summed E-state index contributed by atoms with van der Waals surface area (Å²) in [5.41, 5.74) is 2.01. The third kappa shape index (κ3) is 1.30. The van der Waals surface area contributed by atoms with Crippen molar-refractivity contribution in [1.82, 2.24) is 0 Å². The molecule has 3 nitrogen and oxygen atoms in total. The lowest BCUT2D eigenvalue weighted by Gasteiger charge is -2.19. The van der Waals surface area contributed by atoms with Crippen molar-refractivity contribution in [2.24, 2.45) is 0 Å². The molecule has 1 aliphatic heterocycles. The lowest BCUT2D eigenvalue weighted by Crippen LogP contribution is -2.11. The van der Waals surface area contributed by atoms with Gasteiger partial charge in [-0.05, 0) is 24.5 Å². The number of methoxy groups -OCH3 is 1. The highest BCUT2D eigenvalue weighted by Crippen LogP contribution is 2.38. The molecule has 1 heterocycles. The van der Waals surface area contributed by atoms with Gasteiger partial charge in [0.05, 0.1) is 12.8 Å². The fraction of sp³-hybridized carbons (Fsp3) is 0.400. The SMILES string of the molecule is COc1ccc2c(c1O)NCCC2. The van der Waals surface area contributed by atoms with E-state index in [0.717, 1.165) is 25.1 Å². The highest BCUT2D eigenvalue weighted by molar-refractivity contribution is 5.68. The van der Waals surface area contributed by atoms with Gasteiger partial charge in [-0.15, -0.1) is 0 Å². The summed E-state index contributed by atoms with van der Waals surface area (Å²) in [5, 5.41) is 12.9. The molecule has 0 radical (unpaired) electrons. The fourth-order valence-corrected chi connectivity index (χ4v) is 1.68. The molecule has 1 aromatic rings. The zero-order valence-electron chi connectivity index (χ0n) is 7.63. The standard InChI is InChI=1S/C10H13NO2/c1-13-8-5-4-7-3-2-6-11-9(7)10(8)12/h4-5,11-12H,2-3,6H2,1H3. The summed E-state index contributed by atoms with van der Waals surface area (Å²) >= 11 is 0. The highest BCUT2D eigenvalue weighted by atomic mass is 16.5. The van der Waals surface area contributed by atoms with E-state index in [4.69, 9.17) is 4.74 Å². The largest absolute Gasteiger partial charge is 0.503 e. The topological polar surface area (TPSA) is 41.5 Å². The molecule has 0 fully saturated rings. The van der Waals surface area contributed by atoms with Crippen LogP contribution in [0, 0.1) is 0 Å². The van der Waals surface area contributed by atoms with E-state index in [2.05, 4.69) is 5.32 Å². The van der Waals surface area contributed by atoms with Crippen molar-refractivity contribution in [1.29, 1.82) is 0 Å². The Hall–Kier alpha value is -1.38. The van der Waals surface area contributed by atoms with Crippen LogP contribution in [-0.2, 0) is 6.42 Å². The molecule has 1 aromatic carbocycles. The average Bonchev–Trinajstić information content (AvgIpc) is 2.19. The minimum absolute atomic E-state index is 0.236. The van der Waals surface area contributed by atoms with Crippen LogP contribution in [0.2, 0.25) is 0 Å². The third-order valence-electron chi connectivity index (χ3n) is 2.37. The van der Waals surface area contributed by atoms with Gasteiger partial charge in [0.25, 0.3) is 0 Å². The summed E-state index contributed by atoms with van der Waals surface area (Å²) in [6.45, 7) is 0.924. The molecule has 13 heavy (non-hydrogen) atoms. The molecule has 1 aliphatic rings. The molecular weight excluding hydrogens is 166 g/mol. The maximum atomic E-state index is 9.75. The fourth-order valence-electron chi connectivity index (χ4n) is 1.68. The van der Waals surface area contributed by atoms with Gasteiger partial charge in [-0.3, -0.25) is 0 Å². The number of anilines is 1. The van der Waals surface area contributed by atoms with Gasteiger partial charge < -0.3 is 15.2 Å². The maximum absolute atomic E-state index is 9.75. The second kappa shape index (κ2) is 3.17. The number of aryl methyl sites for hydroxylation is 1. The Morgan fingerprint density at radius 3 is 3.08 bits per heavy atom. The normalized spacial score (nSPS) is 14.5. The number of benzene rings is 1. The van der Waals surface area contributed by atoms with Crippen molar-refractivity contribution in [3.8, 4) is 11.5 Å². The number of aromatic hydroxyl groups is 1. The predicted molar refractivity (Wildman–Crippen MR) is 51.5 cm³/mol. The van der Waals surface area contributed by atoms with E-state index in [1.165, 1.54) is 5.56 Å². The quantitative estimate of drug-likeness (QED) is 0.645. The first-order chi connectivity index (χ1) is 6.33. The van der Waals surface area contributed by atoms with Crippen LogP contribution in [0.1, 0.15) is 12.0 Å². The average molecular weight is 179 g/mol. The molecule has 70 valence electrons. The van der Waals surface area contributed by atoms with Crippen molar-refractivity contribution in [3.05, 3.63) is 17.7 Å². The number of rotatable bonds is 1. The first-order valence-electron chi connectivity index (χ1n) is 4.45. The molecule has 2 N–H and O–H groups in total. The molecule has 0 unspecified atom stereocenters. The summed E-state index contributed by atoms with van der Waals surface area (Å²) in [6.07, 6.45) is 2.15. The van der Waals surface area contributed by atoms with Crippen LogP contribution in [0.5, 0.6) is 11.5 Å². The van der Waals surface area contributed by atoms with Crippen molar-refractivity contribution in [2.75, 3.05) is 19.0 Å². The van der Waals surface area contributed by atoms with E-state index in [1.54, 1.807) is 13.2 Å². The number of phenols is 1. The van der Waals surface area contributed by atoms with Crippen LogP contribution in [0.15, 0.2) is 12.1 Å². The monoisotopic (exact) mass is 179 g/mol. The van der Waals surface area contributed by atoms with Crippen LogP contribution < -0.4 is 10.1 Å². The minimum Gasteiger partial charge on any atom is -0.503 e. The number of nitrogens with one attached hydrogen (secondary N) is 1. The zero-order chi connectivity index (χ0) is 9.26. The van der Waals surface area contributed by atoms with Crippen LogP contribution in [-0.4, -0.2) is 18.8 Å². The van der Waals surface area contributed by atoms with E-state index >= 15 is 0 Å². The van der Waals surface area contributed by atoms with Crippen LogP contribution in [0.3, 0.4) is 0 Å². The van der Waals surface area contributed by atoms with Gasteiger partial charge in [0, 0.05) is 6.54 Å². The zero-order valence-corrected chi connectivity index (χ0v) is 7.63. The van der Waals surface area contributed by atoms with E-state index in [-0.39, 0.29) is 5.75 Å². The minimum atomic E-state index is 0.236. The Morgan fingerprint density at radius 2 is 2.31 bits per heavy atom. The smallest absolute Gasteiger partial charge is 0.181 e. The second-order valence-electron chi connectivity index (χ2n) is 3.18. The van der Waals surface area contributed by atoms with Gasteiger partial charge in [0.1, 0.15) is 0 Å². The molecule has 0 amide bonds. The molecule has 0 atom stereocenters. The predicted octanol–water partition coefficient (Wildman–Crippen LogP) is 1.76. The molecule has 3 heteroatoms. The van der Waals surface area contributed by atoms with Crippen molar-refractivity contribution in [2.45, 2.75) is 12.8 Å². The number of ether oxygens (including phenoxy) is 1. The highest BCUT2D eigenvalue weighted by Gasteiger charge is 2.15. The first kappa shape index (κ1) is 8.23. The maximum Gasteiger partial charge on any atom is 0.181 e. The molecule has 2 rings (SSSR count). The van der Waals surface area contributed by atoms with E-state index in [9.17, 15) is 5.11 Å². The molecule has 0 saturated heterocycles. The van der Waals surface area contributed by atoms with Gasteiger partial charge in [-0.25, -0.2) is 0 Å². The summed E-state index contributed by atoms with van der Waals surface area (Å²) in [7, 11) is 1.56. The first-order valence-corrected chi connectivity index (χ1v) is 4.45. The van der Waals surface area contributed by atoms with E-state index < -0.39 is 0 Å². The molecular formula is C10H13NO2. The second-order valence-corrected chi connectivity index (χ2v) is 3.18. The third-order valence-corrected chi connectivity index (χ3v) is 2.37. The van der Waals surface area contributed by atoms with E-state index in [1.807, 2.05) is 6.07 Å². The summed E-state index contributed by atoms with van der Waals surface area (Å²) < 4.78 is 5.02. The van der Waals surface area contributed by atoms with Gasteiger partial charge >= 0.3 is 0 Å². The Kier molecular flexibility index (Phi) is 2.00. The lowest BCUT2D eigenvalue weighted by molar-refractivity contribution is 0.374.